The third-order valence-electron chi connectivity index (χ3n) is 5.13. The summed E-state index contributed by atoms with van der Waals surface area (Å²) in [6.07, 6.45) is 6.32. The molecule has 0 spiro atoms. The maximum absolute atomic E-state index is 11.2. The van der Waals surface area contributed by atoms with Crippen molar-refractivity contribution >= 4 is 17.7 Å². The van der Waals surface area contributed by atoms with Crippen LogP contribution in [0.3, 0.4) is 0 Å². The van der Waals surface area contributed by atoms with Gasteiger partial charge in [0.2, 0.25) is 0 Å². The number of hydrogen-bond acceptors (Lipinski definition) is 5. The topological polar surface area (TPSA) is 72.7 Å². The maximum atomic E-state index is 11.2. The van der Waals surface area contributed by atoms with E-state index in [1.54, 1.807) is 18.2 Å². The Morgan fingerprint density at radius 1 is 1.21 bits per heavy atom. The van der Waals surface area contributed by atoms with Gasteiger partial charge in [0, 0.05) is 30.8 Å². The summed E-state index contributed by atoms with van der Waals surface area (Å²) < 4.78 is 4.61. The summed E-state index contributed by atoms with van der Waals surface area (Å²) in [7, 11) is 1.36. The number of methoxy groups -OCH3 is 1. The van der Waals surface area contributed by atoms with Gasteiger partial charge in [-0.25, -0.2) is 4.79 Å². The third kappa shape index (κ3) is 5.04. The van der Waals surface area contributed by atoms with Gasteiger partial charge in [0.1, 0.15) is 0 Å². The monoisotopic (exact) mass is 380 g/mol. The Bertz CT molecular complexity index is 844. The van der Waals surface area contributed by atoms with Crippen molar-refractivity contribution in [2.45, 2.75) is 25.3 Å². The predicted molar refractivity (Wildman–Crippen MR) is 108 cm³/mol. The zero-order chi connectivity index (χ0) is 19.9. The number of nitrogens with zero attached hydrogens (tertiary/aromatic N) is 2. The Balaban J connectivity index is 1.60. The van der Waals surface area contributed by atoms with Gasteiger partial charge in [-0.15, -0.1) is 0 Å². The quantitative estimate of drug-likeness (QED) is 0.312. The van der Waals surface area contributed by atoms with E-state index < -0.39 is 0 Å². The fourth-order valence-electron chi connectivity index (χ4n) is 3.59. The van der Waals surface area contributed by atoms with Gasteiger partial charge in [0.05, 0.1) is 12.0 Å². The van der Waals surface area contributed by atoms with Crippen molar-refractivity contribution in [3.8, 4) is 0 Å². The number of nitro benzene ring substituents is 1. The minimum Gasteiger partial charge on any atom is -0.466 e. The van der Waals surface area contributed by atoms with Crippen molar-refractivity contribution in [1.82, 2.24) is 4.90 Å². The standard InChI is InChI=1S/C22H24N2O4/c1-28-22(25)13-8-17-4-9-19(10-5-17)21-3-2-15-23(21)16-14-18-6-11-20(12-7-18)24(26)27/h4-13,21H,2-3,14-16H2,1H3. The zero-order valence-corrected chi connectivity index (χ0v) is 15.9. The molecule has 1 heterocycles. The Morgan fingerprint density at radius 3 is 2.57 bits per heavy atom. The number of nitro groups is 1. The molecule has 1 saturated heterocycles. The molecule has 1 unspecified atom stereocenters. The van der Waals surface area contributed by atoms with Crippen LogP contribution in [0.5, 0.6) is 0 Å². The molecule has 1 atom stereocenters. The van der Waals surface area contributed by atoms with Crippen molar-refractivity contribution in [2.24, 2.45) is 0 Å². The summed E-state index contributed by atoms with van der Waals surface area (Å²) in [5, 5.41) is 10.8. The molecule has 6 nitrogen and oxygen atoms in total. The average molecular weight is 380 g/mol. The number of hydrogen-bond donors (Lipinski definition) is 0. The third-order valence-corrected chi connectivity index (χ3v) is 5.13. The predicted octanol–water partition coefficient (Wildman–Crippen LogP) is 4.16. The molecule has 0 bridgehead atoms. The van der Waals surface area contributed by atoms with Crippen LogP contribution in [-0.2, 0) is 16.0 Å². The van der Waals surface area contributed by atoms with E-state index in [9.17, 15) is 14.9 Å². The van der Waals surface area contributed by atoms with Gasteiger partial charge in [-0.05, 0) is 48.6 Å². The lowest BCUT2D eigenvalue weighted by atomic mass is 10.0. The first-order chi connectivity index (χ1) is 13.6. The normalized spacial score (nSPS) is 17.1. The number of likely N-dealkylation sites (tertiary alicyclic amines) is 1. The van der Waals surface area contributed by atoms with Crippen LogP contribution in [0.4, 0.5) is 5.69 Å². The van der Waals surface area contributed by atoms with Crippen LogP contribution in [0.1, 0.15) is 35.6 Å². The summed E-state index contributed by atoms with van der Waals surface area (Å²) in [6, 6.07) is 15.5. The average Bonchev–Trinajstić information content (AvgIpc) is 3.19. The molecular weight excluding hydrogens is 356 g/mol. The smallest absolute Gasteiger partial charge is 0.330 e. The molecule has 28 heavy (non-hydrogen) atoms. The van der Waals surface area contributed by atoms with Gasteiger partial charge in [-0.2, -0.15) is 0 Å². The SMILES string of the molecule is COC(=O)C=Cc1ccc(C2CCCN2CCc2ccc([N+](=O)[O-])cc2)cc1. The Hall–Kier alpha value is -2.99. The van der Waals surface area contributed by atoms with Crippen LogP contribution in [0.15, 0.2) is 54.6 Å². The fourth-order valence-corrected chi connectivity index (χ4v) is 3.59. The molecule has 2 aromatic rings. The van der Waals surface area contributed by atoms with Crippen LogP contribution in [0.2, 0.25) is 0 Å². The van der Waals surface area contributed by atoms with Gasteiger partial charge in [-0.3, -0.25) is 15.0 Å². The van der Waals surface area contributed by atoms with Gasteiger partial charge in [0.25, 0.3) is 5.69 Å². The number of carbonyl (C=O) groups is 1. The largest absolute Gasteiger partial charge is 0.466 e. The first-order valence-electron chi connectivity index (χ1n) is 9.40. The highest BCUT2D eigenvalue weighted by Gasteiger charge is 2.25. The number of carbonyl (C=O) groups excluding carboxylic acids is 1. The maximum Gasteiger partial charge on any atom is 0.330 e. The molecule has 0 aliphatic carbocycles. The molecule has 0 radical (unpaired) electrons. The second-order valence-electron chi connectivity index (χ2n) is 6.89. The van der Waals surface area contributed by atoms with E-state index in [1.807, 2.05) is 24.3 Å². The summed E-state index contributed by atoms with van der Waals surface area (Å²) in [5.74, 6) is -0.364. The van der Waals surface area contributed by atoms with E-state index in [1.165, 1.54) is 18.7 Å². The first-order valence-corrected chi connectivity index (χ1v) is 9.40. The fraction of sp³-hybridized carbons (Fsp3) is 0.318. The number of ether oxygens (including phenoxy) is 1. The Labute approximate surface area is 164 Å². The Kier molecular flexibility index (Phi) is 6.55. The molecule has 146 valence electrons. The molecule has 6 heteroatoms. The molecule has 1 aliphatic heterocycles. The molecule has 1 fully saturated rings. The second-order valence-corrected chi connectivity index (χ2v) is 6.89. The minimum atomic E-state index is -0.371. The van der Waals surface area contributed by atoms with Gasteiger partial charge < -0.3 is 4.74 Å². The number of benzene rings is 2. The first kappa shape index (κ1) is 19.8. The highest BCUT2D eigenvalue weighted by Crippen LogP contribution is 2.32. The molecule has 0 amide bonds. The van der Waals surface area contributed by atoms with E-state index in [0.29, 0.717) is 6.04 Å². The van der Waals surface area contributed by atoms with Crippen LogP contribution >= 0.6 is 0 Å². The van der Waals surface area contributed by atoms with Gasteiger partial charge >= 0.3 is 5.97 Å². The Morgan fingerprint density at radius 2 is 1.93 bits per heavy atom. The van der Waals surface area contributed by atoms with Crippen molar-refractivity contribution in [3.05, 3.63) is 81.4 Å². The summed E-state index contributed by atoms with van der Waals surface area (Å²) >= 11 is 0. The lowest BCUT2D eigenvalue weighted by Gasteiger charge is -2.25. The van der Waals surface area contributed by atoms with E-state index in [-0.39, 0.29) is 16.6 Å². The van der Waals surface area contributed by atoms with Gasteiger partial charge in [-0.1, -0.05) is 36.4 Å². The molecule has 0 N–H and O–H groups in total. The van der Waals surface area contributed by atoms with Crippen molar-refractivity contribution in [3.63, 3.8) is 0 Å². The molecular formula is C22H24N2O4. The van der Waals surface area contributed by atoms with Crippen molar-refractivity contribution < 1.29 is 14.5 Å². The van der Waals surface area contributed by atoms with Gasteiger partial charge in [0.15, 0.2) is 0 Å². The minimum absolute atomic E-state index is 0.129. The highest BCUT2D eigenvalue weighted by atomic mass is 16.6. The highest BCUT2D eigenvalue weighted by molar-refractivity contribution is 5.86. The van der Waals surface area contributed by atoms with Crippen molar-refractivity contribution in [1.29, 1.82) is 0 Å². The molecule has 1 aliphatic rings. The summed E-state index contributed by atoms with van der Waals surface area (Å²) in [6.45, 7) is 1.98. The van der Waals surface area contributed by atoms with E-state index >= 15 is 0 Å². The van der Waals surface area contributed by atoms with E-state index in [0.717, 1.165) is 43.5 Å². The zero-order valence-electron chi connectivity index (χ0n) is 15.9. The number of non-ortho nitro benzene ring substituents is 1. The van der Waals surface area contributed by atoms with Crippen LogP contribution in [-0.4, -0.2) is 36.0 Å². The van der Waals surface area contributed by atoms with Crippen LogP contribution in [0, 0.1) is 10.1 Å². The van der Waals surface area contributed by atoms with E-state index in [2.05, 4.69) is 21.8 Å². The second kappa shape index (κ2) is 9.28. The molecule has 0 aromatic heterocycles. The van der Waals surface area contributed by atoms with Crippen molar-refractivity contribution in [2.75, 3.05) is 20.2 Å². The number of esters is 1. The number of rotatable bonds is 7. The summed E-state index contributed by atoms with van der Waals surface area (Å²) in [5.41, 5.74) is 3.48. The molecule has 3 rings (SSSR count). The summed E-state index contributed by atoms with van der Waals surface area (Å²) in [4.78, 5) is 24.1. The lowest BCUT2D eigenvalue weighted by Crippen LogP contribution is -2.25. The molecule has 0 saturated carbocycles. The van der Waals surface area contributed by atoms with E-state index in [4.69, 9.17) is 0 Å². The van der Waals surface area contributed by atoms with Crippen LogP contribution < -0.4 is 0 Å². The lowest BCUT2D eigenvalue weighted by molar-refractivity contribution is -0.384. The van der Waals surface area contributed by atoms with Crippen LogP contribution in [0.25, 0.3) is 6.08 Å². The molecule has 2 aromatic carbocycles.